The molecular formula is C33H30F2N2O2. The molecule has 0 aromatic heterocycles. The molecule has 0 bridgehead atoms. The van der Waals surface area contributed by atoms with E-state index < -0.39 is 11.2 Å². The Balaban J connectivity index is 1.40. The predicted molar refractivity (Wildman–Crippen MR) is 148 cm³/mol. The Morgan fingerprint density at radius 2 is 1.41 bits per heavy atom. The van der Waals surface area contributed by atoms with Gasteiger partial charge in [0.25, 0.3) is 5.91 Å². The lowest BCUT2D eigenvalue weighted by Gasteiger charge is -2.41. The molecule has 39 heavy (non-hydrogen) atoms. The maximum Gasteiger partial charge on any atom is 0.257 e. The van der Waals surface area contributed by atoms with E-state index in [1.54, 1.807) is 29.2 Å². The van der Waals surface area contributed by atoms with Gasteiger partial charge in [-0.2, -0.15) is 0 Å². The average molecular weight is 525 g/mol. The van der Waals surface area contributed by atoms with Gasteiger partial charge in [-0.3, -0.25) is 9.59 Å². The van der Waals surface area contributed by atoms with Crippen LogP contribution in [0.25, 0.3) is 11.1 Å². The summed E-state index contributed by atoms with van der Waals surface area (Å²) in [7, 11) is 0. The largest absolute Gasteiger partial charge is 0.349 e. The Labute approximate surface area is 227 Å². The fourth-order valence-corrected chi connectivity index (χ4v) is 5.42. The van der Waals surface area contributed by atoms with Crippen LogP contribution in [0.15, 0.2) is 103 Å². The third-order valence-electron chi connectivity index (χ3n) is 7.70. The fraction of sp³-hybridized carbons (Fsp3) is 0.212. The minimum absolute atomic E-state index is 0.0466. The topological polar surface area (TPSA) is 49.4 Å². The smallest absolute Gasteiger partial charge is 0.257 e. The molecule has 5 rings (SSSR count). The molecule has 0 spiro atoms. The van der Waals surface area contributed by atoms with E-state index in [1.165, 1.54) is 18.2 Å². The van der Waals surface area contributed by atoms with E-state index in [0.717, 1.165) is 16.7 Å². The monoisotopic (exact) mass is 524 g/mol. The summed E-state index contributed by atoms with van der Waals surface area (Å²) < 4.78 is 28.5. The van der Waals surface area contributed by atoms with Crippen molar-refractivity contribution in [1.29, 1.82) is 0 Å². The van der Waals surface area contributed by atoms with Gasteiger partial charge in [0.05, 0.1) is 17.0 Å². The van der Waals surface area contributed by atoms with Crippen molar-refractivity contribution in [1.82, 2.24) is 10.2 Å². The molecule has 1 heterocycles. The molecule has 1 N–H and O–H groups in total. The molecule has 1 saturated heterocycles. The molecule has 0 unspecified atom stereocenters. The molecule has 1 atom stereocenters. The summed E-state index contributed by atoms with van der Waals surface area (Å²) in [4.78, 5) is 29.2. The number of hydrogen-bond donors (Lipinski definition) is 1. The number of piperidine rings is 1. The highest BCUT2D eigenvalue weighted by molar-refractivity contribution is 6.01. The van der Waals surface area contributed by atoms with Gasteiger partial charge in [-0.25, -0.2) is 8.78 Å². The Kier molecular flexibility index (Phi) is 7.55. The van der Waals surface area contributed by atoms with E-state index >= 15 is 4.39 Å². The van der Waals surface area contributed by atoms with Gasteiger partial charge in [0.2, 0.25) is 5.91 Å². The standard InChI is InChI=1S/C33H30F2N2O2/c1-23(24-15-17-27(34)18-16-24)36-32(39)33(26-11-6-3-7-12-26)19-21-37(22-20-33)31(38)30-28(13-8-14-29(30)35)25-9-4-2-5-10-25/h2-18,23H,19-22H2,1H3,(H,36,39)/t23-/m0/s1. The maximum absolute atomic E-state index is 15.1. The lowest BCUT2D eigenvalue weighted by Crippen LogP contribution is -2.53. The quantitative estimate of drug-likeness (QED) is 0.306. The van der Waals surface area contributed by atoms with Crippen molar-refractivity contribution in [3.63, 3.8) is 0 Å². The number of likely N-dealkylation sites (tertiary alicyclic amines) is 1. The summed E-state index contributed by atoms with van der Waals surface area (Å²) in [6.45, 7) is 2.47. The number of carbonyl (C=O) groups excluding carboxylic acids is 2. The minimum Gasteiger partial charge on any atom is -0.349 e. The number of carbonyl (C=O) groups is 2. The zero-order chi connectivity index (χ0) is 27.4. The molecule has 0 aliphatic carbocycles. The second-order valence-corrected chi connectivity index (χ2v) is 10.0. The van der Waals surface area contributed by atoms with Crippen LogP contribution < -0.4 is 5.32 Å². The first-order valence-electron chi connectivity index (χ1n) is 13.1. The van der Waals surface area contributed by atoms with E-state index in [-0.39, 0.29) is 29.2 Å². The normalized spacial score (nSPS) is 15.4. The molecule has 1 fully saturated rings. The van der Waals surface area contributed by atoms with E-state index in [4.69, 9.17) is 0 Å². The van der Waals surface area contributed by atoms with Crippen molar-refractivity contribution < 1.29 is 18.4 Å². The molecule has 198 valence electrons. The number of amides is 2. The first-order chi connectivity index (χ1) is 18.9. The summed E-state index contributed by atoms with van der Waals surface area (Å²) in [5, 5.41) is 3.12. The van der Waals surface area contributed by atoms with Crippen molar-refractivity contribution in [2.24, 2.45) is 0 Å². The number of hydrogen-bond acceptors (Lipinski definition) is 2. The highest BCUT2D eigenvalue weighted by Gasteiger charge is 2.44. The zero-order valence-corrected chi connectivity index (χ0v) is 21.7. The van der Waals surface area contributed by atoms with Crippen molar-refractivity contribution in [3.05, 3.63) is 131 Å². The zero-order valence-electron chi connectivity index (χ0n) is 21.7. The van der Waals surface area contributed by atoms with Crippen molar-refractivity contribution in [2.45, 2.75) is 31.2 Å². The Hall–Kier alpha value is -4.32. The molecule has 4 aromatic rings. The lowest BCUT2D eigenvalue weighted by atomic mass is 9.71. The van der Waals surface area contributed by atoms with Crippen LogP contribution in [-0.4, -0.2) is 29.8 Å². The van der Waals surface area contributed by atoms with Crippen LogP contribution in [0.3, 0.4) is 0 Å². The highest BCUT2D eigenvalue weighted by atomic mass is 19.1. The van der Waals surface area contributed by atoms with Gasteiger partial charge in [0.1, 0.15) is 11.6 Å². The number of halogens is 2. The summed E-state index contributed by atoms with van der Waals surface area (Å²) in [6, 6.07) is 29.3. The number of rotatable bonds is 6. The van der Waals surface area contributed by atoms with Crippen LogP contribution in [-0.2, 0) is 10.2 Å². The van der Waals surface area contributed by atoms with Crippen LogP contribution in [0, 0.1) is 11.6 Å². The first-order valence-corrected chi connectivity index (χ1v) is 13.1. The molecule has 1 aliphatic heterocycles. The average Bonchev–Trinajstić information content (AvgIpc) is 2.98. The van der Waals surface area contributed by atoms with Crippen LogP contribution in [0.2, 0.25) is 0 Å². The molecule has 6 heteroatoms. The van der Waals surface area contributed by atoms with Gasteiger partial charge in [0.15, 0.2) is 0 Å². The van der Waals surface area contributed by atoms with E-state index in [9.17, 15) is 14.0 Å². The molecule has 4 nitrogen and oxygen atoms in total. The molecule has 0 saturated carbocycles. The number of benzene rings is 4. The summed E-state index contributed by atoms with van der Waals surface area (Å²) in [5.74, 6) is -1.42. The second kappa shape index (κ2) is 11.2. The molecule has 0 radical (unpaired) electrons. The van der Waals surface area contributed by atoms with Gasteiger partial charge in [-0.1, -0.05) is 84.9 Å². The van der Waals surface area contributed by atoms with Gasteiger partial charge in [0, 0.05) is 13.1 Å². The first kappa shape index (κ1) is 26.3. The molecule has 2 amide bonds. The van der Waals surface area contributed by atoms with Gasteiger partial charge in [-0.15, -0.1) is 0 Å². The van der Waals surface area contributed by atoms with Gasteiger partial charge >= 0.3 is 0 Å². The van der Waals surface area contributed by atoms with Crippen LogP contribution >= 0.6 is 0 Å². The van der Waals surface area contributed by atoms with Crippen molar-refractivity contribution in [3.8, 4) is 11.1 Å². The summed E-state index contributed by atoms with van der Waals surface area (Å²) in [6.07, 6.45) is 0.777. The number of nitrogens with one attached hydrogen (secondary N) is 1. The van der Waals surface area contributed by atoms with Crippen molar-refractivity contribution in [2.75, 3.05) is 13.1 Å². The minimum atomic E-state index is -0.857. The highest BCUT2D eigenvalue weighted by Crippen LogP contribution is 2.38. The molecule has 4 aromatic carbocycles. The SMILES string of the molecule is C[C@H](NC(=O)C1(c2ccccc2)CCN(C(=O)c2c(F)cccc2-c2ccccc2)CC1)c1ccc(F)cc1. The van der Waals surface area contributed by atoms with E-state index in [1.807, 2.05) is 67.6 Å². The summed E-state index contributed by atoms with van der Waals surface area (Å²) >= 11 is 0. The molecule has 1 aliphatic rings. The fourth-order valence-electron chi connectivity index (χ4n) is 5.42. The van der Waals surface area contributed by atoms with Gasteiger partial charge < -0.3 is 10.2 Å². The third-order valence-corrected chi connectivity index (χ3v) is 7.70. The summed E-state index contributed by atoms with van der Waals surface area (Å²) in [5.41, 5.74) is 2.18. The van der Waals surface area contributed by atoms with E-state index in [0.29, 0.717) is 31.5 Å². The predicted octanol–water partition coefficient (Wildman–Crippen LogP) is 6.68. The van der Waals surface area contributed by atoms with Gasteiger partial charge in [-0.05, 0) is 60.2 Å². The maximum atomic E-state index is 15.1. The van der Waals surface area contributed by atoms with Crippen LogP contribution in [0.5, 0.6) is 0 Å². The van der Waals surface area contributed by atoms with Crippen molar-refractivity contribution >= 4 is 11.8 Å². The number of nitrogens with zero attached hydrogens (tertiary/aromatic N) is 1. The molecular weight excluding hydrogens is 494 g/mol. The van der Waals surface area contributed by atoms with Crippen LogP contribution in [0.4, 0.5) is 8.78 Å². The third kappa shape index (κ3) is 5.32. The Morgan fingerprint density at radius 3 is 2.05 bits per heavy atom. The Bertz CT molecular complexity index is 1450. The second-order valence-electron chi connectivity index (χ2n) is 10.0. The van der Waals surface area contributed by atoms with E-state index in [2.05, 4.69) is 5.32 Å². The van der Waals surface area contributed by atoms with Crippen LogP contribution in [0.1, 0.15) is 47.3 Å². The lowest BCUT2D eigenvalue weighted by molar-refractivity contribution is -0.129. The Morgan fingerprint density at radius 1 is 0.795 bits per heavy atom.